The van der Waals surface area contributed by atoms with Gasteiger partial charge in [-0.25, -0.2) is 4.98 Å². The van der Waals surface area contributed by atoms with Crippen LogP contribution in [0.5, 0.6) is 0 Å². The van der Waals surface area contributed by atoms with Crippen LogP contribution in [0.4, 0.5) is 5.82 Å². The van der Waals surface area contributed by atoms with Gasteiger partial charge >= 0.3 is 0 Å². The zero-order valence-corrected chi connectivity index (χ0v) is 16.8. The molecule has 8 nitrogen and oxygen atoms in total. The molecule has 8 heteroatoms. The molecule has 0 saturated carbocycles. The first-order valence-corrected chi connectivity index (χ1v) is 10.2. The van der Waals surface area contributed by atoms with Crippen LogP contribution in [-0.4, -0.2) is 90.4 Å². The van der Waals surface area contributed by atoms with Crippen molar-refractivity contribution in [1.29, 1.82) is 0 Å². The number of aromatic nitrogens is 1. The van der Waals surface area contributed by atoms with Crippen LogP contribution in [0.15, 0.2) is 41.1 Å². The summed E-state index contributed by atoms with van der Waals surface area (Å²) < 4.78 is 5.21. The molecule has 2 fully saturated rings. The Balaban J connectivity index is 1.37. The Hall–Kier alpha value is -2.87. The van der Waals surface area contributed by atoms with Crippen LogP contribution in [0, 0.1) is 0 Å². The van der Waals surface area contributed by atoms with Gasteiger partial charge in [-0.2, -0.15) is 0 Å². The molecule has 2 aromatic rings. The Labute approximate surface area is 170 Å². The summed E-state index contributed by atoms with van der Waals surface area (Å²) in [5.41, 5.74) is 0.675. The smallest absolute Gasteiger partial charge is 0.289 e. The molecule has 0 N–H and O–H groups in total. The molecule has 2 aliphatic heterocycles. The van der Waals surface area contributed by atoms with Gasteiger partial charge in [0, 0.05) is 64.1 Å². The van der Waals surface area contributed by atoms with E-state index in [9.17, 15) is 9.59 Å². The molecule has 0 aliphatic carbocycles. The second-order valence-electron chi connectivity index (χ2n) is 7.39. The summed E-state index contributed by atoms with van der Waals surface area (Å²) in [7, 11) is 0. The molecule has 29 heavy (non-hydrogen) atoms. The Morgan fingerprint density at radius 2 is 1.66 bits per heavy atom. The quantitative estimate of drug-likeness (QED) is 0.777. The predicted molar refractivity (Wildman–Crippen MR) is 109 cm³/mol. The highest BCUT2D eigenvalue weighted by molar-refractivity contribution is 5.95. The number of carbonyl (C=O) groups is 2. The van der Waals surface area contributed by atoms with E-state index < -0.39 is 0 Å². The average molecular weight is 397 g/mol. The summed E-state index contributed by atoms with van der Waals surface area (Å²) in [5.74, 6) is 1.13. The minimum atomic E-state index is -0.0854. The fraction of sp³-hybridized carbons (Fsp3) is 0.476. The first-order chi connectivity index (χ1) is 14.2. The highest BCUT2D eigenvalue weighted by Gasteiger charge is 2.26. The number of likely N-dealkylation sites (N-methyl/N-ethyl adjacent to an activating group) is 1. The zero-order chi connectivity index (χ0) is 20.2. The van der Waals surface area contributed by atoms with Gasteiger partial charge in [-0.1, -0.05) is 6.92 Å². The second kappa shape index (κ2) is 8.65. The van der Waals surface area contributed by atoms with Crippen molar-refractivity contribution in [3.05, 3.63) is 48.0 Å². The standard InChI is InChI=1S/C21H27N5O3/c1-2-23-7-9-25(10-8-23)20(27)17-5-6-22-19(16-17)24-11-13-26(14-12-24)21(28)18-4-3-15-29-18/h3-6,15-16H,2,7-14H2,1H3. The second-order valence-corrected chi connectivity index (χ2v) is 7.39. The Morgan fingerprint density at radius 1 is 0.966 bits per heavy atom. The number of anilines is 1. The van der Waals surface area contributed by atoms with Crippen LogP contribution in [0.3, 0.4) is 0 Å². The van der Waals surface area contributed by atoms with Gasteiger partial charge in [0.25, 0.3) is 11.8 Å². The van der Waals surface area contributed by atoms with E-state index in [0.717, 1.165) is 38.5 Å². The molecule has 0 unspecified atom stereocenters. The molecule has 4 rings (SSSR count). The van der Waals surface area contributed by atoms with Crippen LogP contribution in [0.25, 0.3) is 0 Å². The maximum atomic E-state index is 12.9. The highest BCUT2D eigenvalue weighted by atomic mass is 16.3. The molecule has 0 spiro atoms. The molecular formula is C21H27N5O3. The normalized spacial score (nSPS) is 18.2. The van der Waals surface area contributed by atoms with Gasteiger partial charge < -0.3 is 24.0 Å². The monoisotopic (exact) mass is 397 g/mol. The molecular weight excluding hydrogens is 370 g/mol. The van der Waals surface area contributed by atoms with Gasteiger partial charge in [0.05, 0.1) is 6.26 Å². The molecule has 0 atom stereocenters. The first kappa shape index (κ1) is 19.4. The van der Waals surface area contributed by atoms with Crippen LogP contribution in [0.2, 0.25) is 0 Å². The topological polar surface area (TPSA) is 73.1 Å². The minimum absolute atomic E-state index is 0.0658. The third kappa shape index (κ3) is 4.27. The number of pyridine rings is 1. The van der Waals surface area contributed by atoms with Crippen LogP contribution >= 0.6 is 0 Å². The van der Waals surface area contributed by atoms with Gasteiger partial charge in [-0.05, 0) is 30.8 Å². The van der Waals surface area contributed by atoms with Crippen molar-refractivity contribution in [3.63, 3.8) is 0 Å². The van der Waals surface area contributed by atoms with Crippen molar-refractivity contribution in [2.45, 2.75) is 6.92 Å². The summed E-state index contributed by atoms with van der Waals surface area (Å²) in [4.78, 5) is 38.0. The molecule has 2 amide bonds. The van der Waals surface area contributed by atoms with Gasteiger partial charge in [0.1, 0.15) is 5.82 Å². The molecule has 0 bridgehead atoms. The lowest BCUT2D eigenvalue weighted by Crippen LogP contribution is -2.49. The zero-order valence-electron chi connectivity index (χ0n) is 16.8. The number of piperazine rings is 2. The van der Waals surface area contributed by atoms with Crippen molar-refractivity contribution >= 4 is 17.6 Å². The summed E-state index contributed by atoms with van der Waals surface area (Å²) in [6.45, 7) is 9.08. The Bertz CT molecular complexity index is 838. The SMILES string of the molecule is CCN1CCN(C(=O)c2ccnc(N3CCN(C(=O)c4ccco4)CC3)c2)CC1. The van der Waals surface area contributed by atoms with Gasteiger partial charge in [-0.3, -0.25) is 9.59 Å². The summed E-state index contributed by atoms with van der Waals surface area (Å²) in [6, 6.07) is 7.07. The summed E-state index contributed by atoms with van der Waals surface area (Å²) in [6.07, 6.45) is 3.21. The third-order valence-electron chi connectivity index (χ3n) is 5.72. The van der Waals surface area contributed by atoms with Crippen LogP contribution in [0.1, 0.15) is 27.8 Å². The fourth-order valence-corrected chi connectivity index (χ4v) is 3.87. The third-order valence-corrected chi connectivity index (χ3v) is 5.72. The number of nitrogens with zero attached hydrogens (tertiary/aromatic N) is 5. The van der Waals surface area contributed by atoms with Crippen molar-refractivity contribution < 1.29 is 14.0 Å². The Morgan fingerprint density at radius 3 is 2.31 bits per heavy atom. The number of amides is 2. The minimum Gasteiger partial charge on any atom is -0.459 e. The van der Waals surface area contributed by atoms with Gasteiger partial charge in [0.2, 0.25) is 0 Å². The van der Waals surface area contributed by atoms with Crippen molar-refractivity contribution in [3.8, 4) is 0 Å². The van der Waals surface area contributed by atoms with E-state index >= 15 is 0 Å². The van der Waals surface area contributed by atoms with Crippen molar-refractivity contribution in [1.82, 2.24) is 19.7 Å². The maximum absolute atomic E-state index is 12.9. The van der Waals surface area contributed by atoms with E-state index in [-0.39, 0.29) is 11.8 Å². The van der Waals surface area contributed by atoms with E-state index in [4.69, 9.17) is 4.42 Å². The maximum Gasteiger partial charge on any atom is 0.289 e. The fourth-order valence-electron chi connectivity index (χ4n) is 3.87. The van der Waals surface area contributed by atoms with E-state index in [1.165, 1.54) is 6.26 Å². The number of hydrogen-bond donors (Lipinski definition) is 0. The van der Waals surface area contributed by atoms with Gasteiger partial charge in [-0.15, -0.1) is 0 Å². The number of hydrogen-bond acceptors (Lipinski definition) is 6. The molecule has 2 aromatic heterocycles. The van der Waals surface area contributed by atoms with Crippen molar-refractivity contribution in [2.75, 3.05) is 63.8 Å². The number of rotatable bonds is 4. The lowest BCUT2D eigenvalue weighted by atomic mass is 10.2. The molecule has 4 heterocycles. The first-order valence-electron chi connectivity index (χ1n) is 10.2. The average Bonchev–Trinajstić information content (AvgIpc) is 3.33. The predicted octanol–water partition coefficient (Wildman–Crippen LogP) is 1.41. The molecule has 2 aliphatic rings. The van der Waals surface area contributed by atoms with E-state index in [2.05, 4.69) is 21.7 Å². The lowest BCUT2D eigenvalue weighted by Gasteiger charge is -2.35. The largest absolute Gasteiger partial charge is 0.459 e. The van der Waals surface area contributed by atoms with Crippen LogP contribution < -0.4 is 4.90 Å². The molecule has 0 radical (unpaired) electrons. The van der Waals surface area contributed by atoms with E-state index in [1.54, 1.807) is 29.3 Å². The van der Waals surface area contributed by atoms with E-state index in [1.807, 2.05) is 11.0 Å². The number of furan rings is 1. The highest BCUT2D eigenvalue weighted by Crippen LogP contribution is 2.18. The van der Waals surface area contributed by atoms with Crippen LogP contribution in [-0.2, 0) is 0 Å². The van der Waals surface area contributed by atoms with E-state index in [0.29, 0.717) is 37.5 Å². The summed E-state index contributed by atoms with van der Waals surface area (Å²) in [5, 5.41) is 0. The Kier molecular flexibility index (Phi) is 5.80. The summed E-state index contributed by atoms with van der Waals surface area (Å²) >= 11 is 0. The molecule has 154 valence electrons. The lowest BCUT2D eigenvalue weighted by molar-refractivity contribution is 0.0643. The molecule has 0 aromatic carbocycles. The number of carbonyl (C=O) groups excluding carboxylic acids is 2. The molecule has 2 saturated heterocycles. The van der Waals surface area contributed by atoms with Gasteiger partial charge in [0.15, 0.2) is 5.76 Å². The van der Waals surface area contributed by atoms with Crippen molar-refractivity contribution in [2.24, 2.45) is 0 Å².